The Morgan fingerprint density at radius 1 is 1.21 bits per heavy atom. The highest BCUT2D eigenvalue weighted by Crippen LogP contribution is 2.20. The Morgan fingerprint density at radius 2 is 1.71 bits per heavy atom. The molecule has 0 saturated carbocycles. The molecule has 2 nitrogen and oxygen atoms in total. The van der Waals surface area contributed by atoms with Crippen LogP contribution in [0.4, 0.5) is 8.78 Å². The van der Waals surface area contributed by atoms with Gasteiger partial charge in [-0.3, -0.25) is 0 Å². The predicted octanol–water partition coefficient (Wildman–Crippen LogP) is 2.12. The molecular formula is C9H10F2O2S. The van der Waals surface area contributed by atoms with E-state index in [0.29, 0.717) is 6.92 Å². The van der Waals surface area contributed by atoms with Crippen LogP contribution in [0.5, 0.6) is 0 Å². The summed E-state index contributed by atoms with van der Waals surface area (Å²) in [6.07, 6.45) is 0. The van der Waals surface area contributed by atoms with Gasteiger partial charge in [-0.1, -0.05) is 18.2 Å². The van der Waals surface area contributed by atoms with Crippen molar-refractivity contribution >= 4 is 9.84 Å². The fraction of sp³-hybridized carbons (Fsp3) is 0.333. The molecule has 0 fully saturated rings. The topological polar surface area (TPSA) is 34.1 Å². The summed E-state index contributed by atoms with van der Waals surface area (Å²) >= 11 is 0. The molecule has 1 aromatic rings. The van der Waals surface area contributed by atoms with Gasteiger partial charge in [0.25, 0.3) is 5.92 Å². The summed E-state index contributed by atoms with van der Waals surface area (Å²) in [5, 5.41) is 0. The lowest BCUT2D eigenvalue weighted by atomic mass is 10.4. The third-order valence-corrected chi connectivity index (χ3v) is 3.42. The monoisotopic (exact) mass is 220 g/mol. The molecule has 0 bridgehead atoms. The van der Waals surface area contributed by atoms with Crippen LogP contribution in [0.15, 0.2) is 35.2 Å². The summed E-state index contributed by atoms with van der Waals surface area (Å²) in [6.45, 7) is 0.591. The average molecular weight is 220 g/mol. The van der Waals surface area contributed by atoms with Crippen LogP contribution in [-0.2, 0) is 9.84 Å². The number of rotatable bonds is 3. The zero-order chi connectivity index (χ0) is 10.8. The maximum Gasteiger partial charge on any atom is 0.259 e. The fourth-order valence-corrected chi connectivity index (χ4v) is 2.45. The van der Waals surface area contributed by atoms with Crippen molar-refractivity contribution in [3.05, 3.63) is 30.3 Å². The molecule has 0 amide bonds. The highest BCUT2D eigenvalue weighted by Gasteiger charge is 2.30. The SMILES string of the molecule is CC(F)(F)CS(=O)(=O)c1ccccc1. The van der Waals surface area contributed by atoms with Crippen LogP contribution in [-0.4, -0.2) is 20.1 Å². The maximum atomic E-state index is 12.5. The lowest BCUT2D eigenvalue weighted by Crippen LogP contribution is -2.24. The van der Waals surface area contributed by atoms with E-state index in [4.69, 9.17) is 0 Å². The van der Waals surface area contributed by atoms with Gasteiger partial charge in [0.2, 0.25) is 0 Å². The highest BCUT2D eigenvalue weighted by molar-refractivity contribution is 7.91. The van der Waals surface area contributed by atoms with Gasteiger partial charge in [0.05, 0.1) is 4.90 Å². The second-order valence-electron chi connectivity index (χ2n) is 3.14. The molecule has 0 unspecified atom stereocenters. The van der Waals surface area contributed by atoms with Crippen LogP contribution in [0, 0.1) is 0 Å². The second kappa shape index (κ2) is 3.65. The van der Waals surface area contributed by atoms with Gasteiger partial charge in [-0.15, -0.1) is 0 Å². The Labute approximate surface area is 81.5 Å². The smallest absolute Gasteiger partial charge is 0.223 e. The Kier molecular flexibility index (Phi) is 2.89. The van der Waals surface area contributed by atoms with E-state index in [1.165, 1.54) is 24.3 Å². The summed E-state index contributed by atoms with van der Waals surface area (Å²) < 4.78 is 47.8. The third-order valence-electron chi connectivity index (χ3n) is 1.55. The number of benzene rings is 1. The molecule has 1 aromatic carbocycles. The fourth-order valence-electron chi connectivity index (χ4n) is 1.04. The first kappa shape index (κ1) is 11.1. The largest absolute Gasteiger partial charge is 0.259 e. The van der Waals surface area contributed by atoms with Crippen LogP contribution in [0.3, 0.4) is 0 Å². The summed E-state index contributed by atoms with van der Waals surface area (Å²) in [7, 11) is -3.87. The molecule has 0 heterocycles. The minimum atomic E-state index is -3.87. The van der Waals surface area contributed by atoms with Gasteiger partial charge in [0, 0.05) is 6.92 Å². The number of sulfone groups is 1. The van der Waals surface area contributed by atoms with E-state index in [-0.39, 0.29) is 4.90 Å². The van der Waals surface area contributed by atoms with Crippen molar-refractivity contribution in [1.29, 1.82) is 0 Å². The van der Waals surface area contributed by atoms with Gasteiger partial charge in [0.1, 0.15) is 5.75 Å². The first-order valence-corrected chi connectivity index (χ1v) is 5.62. The minimum absolute atomic E-state index is 0.0680. The van der Waals surface area contributed by atoms with E-state index in [1.807, 2.05) is 0 Å². The van der Waals surface area contributed by atoms with Crippen molar-refractivity contribution in [1.82, 2.24) is 0 Å². The molecule has 0 saturated heterocycles. The molecule has 5 heteroatoms. The average Bonchev–Trinajstić information content (AvgIpc) is 2.01. The standard InChI is InChI=1S/C9H10F2O2S/c1-9(10,11)7-14(12,13)8-5-3-2-4-6-8/h2-6H,7H2,1H3. The Balaban J connectivity index is 2.99. The van der Waals surface area contributed by atoms with E-state index in [2.05, 4.69) is 0 Å². The maximum absolute atomic E-state index is 12.5. The van der Waals surface area contributed by atoms with Crippen LogP contribution >= 0.6 is 0 Å². The quantitative estimate of drug-likeness (QED) is 0.781. The summed E-state index contributed by atoms with van der Waals surface area (Å²) in [6, 6.07) is 7.24. The van der Waals surface area contributed by atoms with Crippen LogP contribution in [0.25, 0.3) is 0 Å². The summed E-state index contributed by atoms with van der Waals surface area (Å²) in [5.41, 5.74) is 0. The molecule has 1 rings (SSSR count). The Morgan fingerprint density at radius 3 is 2.14 bits per heavy atom. The highest BCUT2D eigenvalue weighted by atomic mass is 32.2. The normalized spacial score (nSPS) is 12.8. The third kappa shape index (κ3) is 3.06. The first-order valence-electron chi connectivity index (χ1n) is 3.97. The van der Waals surface area contributed by atoms with E-state index in [1.54, 1.807) is 6.07 Å². The molecule has 0 atom stereocenters. The van der Waals surface area contributed by atoms with E-state index in [9.17, 15) is 17.2 Å². The van der Waals surface area contributed by atoms with Crippen molar-refractivity contribution in [2.24, 2.45) is 0 Å². The Bertz CT molecular complexity index is 393. The molecule has 0 aliphatic heterocycles. The van der Waals surface area contributed by atoms with Crippen LogP contribution in [0.2, 0.25) is 0 Å². The predicted molar refractivity (Wildman–Crippen MR) is 49.1 cm³/mol. The Hall–Kier alpha value is -0.970. The van der Waals surface area contributed by atoms with Gasteiger partial charge in [-0.25, -0.2) is 17.2 Å². The lowest BCUT2D eigenvalue weighted by molar-refractivity contribution is 0.0473. The van der Waals surface area contributed by atoms with Crippen molar-refractivity contribution in [3.8, 4) is 0 Å². The zero-order valence-corrected chi connectivity index (χ0v) is 8.39. The van der Waals surface area contributed by atoms with Crippen molar-refractivity contribution < 1.29 is 17.2 Å². The molecule has 0 aliphatic carbocycles. The molecule has 0 aromatic heterocycles. The molecule has 0 N–H and O–H groups in total. The van der Waals surface area contributed by atoms with Gasteiger partial charge in [-0.05, 0) is 12.1 Å². The lowest BCUT2D eigenvalue weighted by Gasteiger charge is -2.10. The molecule has 0 spiro atoms. The number of halogens is 2. The first-order chi connectivity index (χ1) is 6.31. The van der Waals surface area contributed by atoms with Crippen molar-refractivity contribution in [2.45, 2.75) is 17.7 Å². The molecule has 78 valence electrons. The van der Waals surface area contributed by atoms with Crippen LogP contribution in [0.1, 0.15) is 6.92 Å². The summed E-state index contributed by atoms with van der Waals surface area (Å²) in [4.78, 5) is -0.0680. The van der Waals surface area contributed by atoms with E-state index in [0.717, 1.165) is 0 Å². The zero-order valence-electron chi connectivity index (χ0n) is 7.57. The van der Waals surface area contributed by atoms with Gasteiger partial charge >= 0.3 is 0 Å². The van der Waals surface area contributed by atoms with Crippen molar-refractivity contribution in [2.75, 3.05) is 5.75 Å². The molecule has 0 aliphatic rings. The van der Waals surface area contributed by atoms with E-state index < -0.39 is 21.5 Å². The van der Waals surface area contributed by atoms with Crippen molar-refractivity contribution in [3.63, 3.8) is 0 Å². The number of hydrogen-bond acceptors (Lipinski definition) is 2. The number of hydrogen-bond donors (Lipinski definition) is 0. The van der Waals surface area contributed by atoms with Gasteiger partial charge in [-0.2, -0.15) is 0 Å². The molecule has 14 heavy (non-hydrogen) atoms. The van der Waals surface area contributed by atoms with E-state index >= 15 is 0 Å². The molecular weight excluding hydrogens is 210 g/mol. The van der Waals surface area contributed by atoms with Gasteiger partial charge in [0.15, 0.2) is 9.84 Å². The summed E-state index contributed by atoms with van der Waals surface area (Å²) in [5.74, 6) is -4.35. The second-order valence-corrected chi connectivity index (χ2v) is 5.13. The number of alkyl halides is 2. The van der Waals surface area contributed by atoms with Crippen LogP contribution < -0.4 is 0 Å². The molecule has 0 radical (unpaired) electrons. The van der Waals surface area contributed by atoms with Gasteiger partial charge < -0.3 is 0 Å². The minimum Gasteiger partial charge on any atom is -0.223 e.